The third-order valence-electron chi connectivity index (χ3n) is 2.51. The Balaban J connectivity index is 2.53. The molecule has 0 bridgehead atoms. The van der Waals surface area contributed by atoms with Gasteiger partial charge in [0.2, 0.25) is 5.91 Å². The number of para-hydroxylation sites is 1. The summed E-state index contributed by atoms with van der Waals surface area (Å²) < 4.78 is 0. The monoisotopic (exact) mass is 240 g/mol. The molecule has 1 aliphatic heterocycles. The molecular formula is C10H9ClN2O3. The second-order valence-electron chi connectivity index (χ2n) is 3.51. The molecule has 0 N–H and O–H groups in total. The van der Waals surface area contributed by atoms with Gasteiger partial charge >= 0.3 is 0 Å². The lowest BCUT2D eigenvalue weighted by Crippen LogP contribution is -2.24. The second kappa shape index (κ2) is 4.09. The number of rotatable bonds is 2. The average Bonchev–Trinajstić information content (AvgIpc) is 2.64. The maximum absolute atomic E-state index is 11.5. The van der Waals surface area contributed by atoms with Gasteiger partial charge in [-0.25, -0.2) is 0 Å². The highest BCUT2D eigenvalue weighted by atomic mass is 35.5. The molecule has 1 saturated heterocycles. The number of carbonyl (C=O) groups is 1. The molecule has 1 aromatic carbocycles. The fraction of sp³-hybridized carbons (Fsp3) is 0.300. The first-order chi connectivity index (χ1) is 7.61. The van der Waals surface area contributed by atoms with Crippen molar-refractivity contribution in [1.29, 1.82) is 0 Å². The van der Waals surface area contributed by atoms with E-state index in [2.05, 4.69) is 0 Å². The zero-order valence-electron chi connectivity index (χ0n) is 8.35. The van der Waals surface area contributed by atoms with E-state index in [9.17, 15) is 14.9 Å². The highest BCUT2D eigenvalue weighted by Crippen LogP contribution is 2.37. The molecule has 1 aliphatic rings. The lowest BCUT2D eigenvalue weighted by molar-refractivity contribution is -0.384. The summed E-state index contributed by atoms with van der Waals surface area (Å²) in [7, 11) is 0. The van der Waals surface area contributed by atoms with Crippen LogP contribution in [-0.2, 0) is 4.79 Å². The van der Waals surface area contributed by atoms with E-state index in [4.69, 9.17) is 11.6 Å². The van der Waals surface area contributed by atoms with Crippen LogP contribution >= 0.6 is 11.6 Å². The maximum Gasteiger partial charge on any atom is 0.294 e. The van der Waals surface area contributed by atoms with E-state index in [1.165, 1.54) is 17.0 Å². The zero-order valence-corrected chi connectivity index (χ0v) is 9.11. The normalized spacial score (nSPS) is 15.6. The van der Waals surface area contributed by atoms with Crippen molar-refractivity contribution in [2.75, 3.05) is 11.4 Å². The van der Waals surface area contributed by atoms with E-state index in [-0.39, 0.29) is 22.3 Å². The molecule has 0 aromatic heterocycles. The van der Waals surface area contributed by atoms with Gasteiger partial charge in [0.1, 0.15) is 5.69 Å². The van der Waals surface area contributed by atoms with Crippen molar-refractivity contribution >= 4 is 28.9 Å². The minimum atomic E-state index is -0.521. The first-order valence-electron chi connectivity index (χ1n) is 4.84. The quantitative estimate of drug-likeness (QED) is 0.589. The predicted molar refractivity (Wildman–Crippen MR) is 59.7 cm³/mol. The van der Waals surface area contributed by atoms with Gasteiger partial charge in [-0.1, -0.05) is 17.7 Å². The summed E-state index contributed by atoms with van der Waals surface area (Å²) in [6.07, 6.45) is 1.13. The summed E-state index contributed by atoms with van der Waals surface area (Å²) in [5, 5.41) is 11.1. The van der Waals surface area contributed by atoms with Crippen LogP contribution in [0.5, 0.6) is 0 Å². The Morgan fingerprint density at radius 2 is 2.19 bits per heavy atom. The van der Waals surface area contributed by atoms with E-state index in [1.54, 1.807) is 6.07 Å². The largest absolute Gasteiger partial charge is 0.305 e. The summed E-state index contributed by atoms with van der Waals surface area (Å²) in [5.41, 5.74) is 0.0967. The zero-order chi connectivity index (χ0) is 11.7. The molecule has 2 rings (SSSR count). The van der Waals surface area contributed by atoms with Crippen LogP contribution in [0.2, 0.25) is 5.02 Å². The van der Waals surface area contributed by atoms with Gasteiger partial charge < -0.3 is 4.90 Å². The third kappa shape index (κ3) is 1.74. The molecular weight excluding hydrogens is 232 g/mol. The van der Waals surface area contributed by atoms with Gasteiger partial charge in [0.15, 0.2) is 0 Å². The molecule has 84 valence electrons. The van der Waals surface area contributed by atoms with E-state index in [0.717, 1.165) is 0 Å². The summed E-state index contributed by atoms with van der Waals surface area (Å²) in [6.45, 7) is 0.489. The van der Waals surface area contributed by atoms with E-state index < -0.39 is 4.92 Å². The number of amides is 1. The molecule has 5 nitrogen and oxygen atoms in total. The van der Waals surface area contributed by atoms with Gasteiger partial charge in [0, 0.05) is 19.0 Å². The Morgan fingerprint density at radius 1 is 1.44 bits per heavy atom. The molecule has 0 aliphatic carbocycles. The highest BCUT2D eigenvalue weighted by molar-refractivity contribution is 6.34. The van der Waals surface area contributed by atoms with Crippen molar-refractivity contribution < 1.29 is 9.72 Å². The molecule has 0 spiro atoms. The number of carbonyl (C=O) groups excluding carboxylic acids is 1. The highest BCUT2D eigenvalue weighted by Gasteiger charge is 2.29. The number of nitro benzene ring substituents is 1. The molecule has 1 aromatic rings. The lowest BCUT2D eigenvalue weighted by atomic mass is 10.2. The van der Waals surface area contributed by atoms with Crippen LogP contribution in [0, 0.1) is 10.1 Å². The molecule has 0 unspecified atom stereocenters. The van der Waals surface area contributed by atoms with Crippen molar-refractivity contribution in [3.8, 4) is 0 Å². The van der Waals surface area contributed by atoms with Crippen LogP contribution in [0.4, 0.5) is 11.4 Å². The first kappa shape index (κ1) is 10.9. The van der Waals surface area contributed by atoms with Gasteiger partial charge in [-0.05, 0) is 12.5 Å². The van der Waals surface area contributed by atoms with Gasteiger partial charge in [-0.3, -0.25) is 14.9 Å². The van der Waals surface area contributed by atoms with Crippen molar-refractivity contribution in [2.45, 2.75) is 12.8 Å². The fourth-order valence-electron chi connectivity index (χ4n) is 1.80. The van der Waals surface area contributed by atoms with Crippen molar-refractivity contribution in [3.05, 3.63) is 33.3 Å². The molecule has 0 radical (unpaired) electrons. The number of hydrogen-bond donors (Lipinski definition) is 0. The Morgan fingerprint density at radius 3 is 2.75 bits per heavy atom. The number of halogens is 1. The molecule has 0 atom stereocenters. The van der Waals surface area contributed by atoms with Gasteiger partial charge in [0.05, 0.1) is 9.95 Å². The molecule has 1 amide bonds. The van der Waals surface area contributed by atoms with Crippen LogP contribution < -0.4 is 4.90 Å². The molecule has 1 heterocycles. The summed E-state index contributed by atoms with van der Waals surface area (Å²) >= 11 is 5.92. The molecule has 0 saturated carbocycles. The van der Waals surface area contributed by atoms with Gasteiger partial charge in [-0.2, -0.15) is 0 Å². The van der Waals surface area contributed by atoms with Crippen molar-refractivity contribution in [1.82, 2.24) is 0 Å². The number of benzene rings is 1. The fourth-order valence-corrected chi connectivity index (χ4v) is 2.07. The summed E-state index contributed by atoms with van der Waals surface area (Å²) in [5.74, 6) is -0.115. The lowest BCUT2D eigenvalue weighted by Gasteiger charge is -2.16. The van der Waals surface area contributed by atoms with Crippen LogP contribution in [0.25, 0.3) is 0 Å². The number of nitro groups is 1. The molecule has 1 fully saturated rings. The Kier molecular flexibility index (Phi) is 2.78. The van der Waals surface area contributed by atoms with Gasteiger partial charge in [0.25, 0.3) is 5.69 Å². The minimum absolute atomic E-state index is 0.115. The summed E-state index contributed by atoms with van der Waals surface area (Å²) in [4.78, 5) is 23.3. The third-order valence-corrected chi connectivity index (χ3v) is 2.81. The number of nitrogens with zero attached hydrogens (tertiary/aromatic N) is 2. The van der Waals surface area contributed by atoms with E-state index >= 15 is 0 Å². The standard InChI is InChI=1S/C10H9ClN2O3/c11-7-3-1-4-8(13(15)16)10(7)12-6-2-5-9(12)14/h1,3-4H,2,5-6H2. The predicted octanol–water partition coefficient (Wildman–Crippen LogP) is 2.38. The van der Waals surface area contributed by atoms with Gasteiger partial charge in [-0.15, -0.1) is 0 Å². The Hall–Kier alpha value is -1.62. The van der Waals surface area contributed by atoms with Crippen molar-refractivity contribution in [3.63, 3.8) is 0 Å². The summed E-state index contributed by atoms with van der Waals surface area (Å²) in [6, 6.07) is 4.41. The van der Waals surface area contributed by atoms with Crippen molar-refractivity contribution in [2.24, 2.45) is 0 Å². The second-order valence-corrected chi connectivity index (χ2v) is 3.92. The number of anilines is 1. The van der Waals surface area contributed by atoms with Crippen LogP contribution in [0.3, 0.4) is 0 Å². The maximum atomic E-state index is 11.5. The van der Waals surface area contributed by atoms with Crippen LogP contribution in [0.15, 0.2) is 18.2 Å². The molecule has 16 heavy (non-hydrogen) atoms. The topological polar surface area (TPSA) is 63.5 Å². The van der Waals surface area contributed by atoms with E-state index in [1.807, 2.05) is 0 Å². The minimum Gasteiger partial charge on any atom is -0.305 e. The van der Waals surface area contributed by atoms with Crippen LogP contribution in [0.1, 0.15) is 12.8 Å². The first-order valence-corrected chi connectivity index (χ1v) is 5.22. The van der Waals surface area contributed by atoms with E-state index in [0.29, 0.717) is 19.4 Å². The molecule has 6 heteroatoms. The Bertz CT molecular complexity index is 461. The SMILES string of the molecule is O=C1CCCN1c1c(Cl)cccc1[N+](=O)[O-]. The number of hydrogen-bond acceptors (Lipinski definition) is 3. The smallest absolute Gasteiger partial charge is 0.294 e. The Labute approximate surface area is 96.8 Å². The van der Waals surface area contributed by atoms with Crippen LogP contribution in [-0.4, -0.2) is 17.4 Å². The average molecular weight is 241 g/mol.